The van der Waals surface area contributed by atoms with Gasteiger partial charge in [-0.05, 0) is 38.1 Å². The van der Waals surface area contributed by atoms with Crippen molar-refractivity contribution >= 4 is 11.8 Å². The highest BCUT2D eigenvalue weighted by Gasteiger charge is 2.03. The summed E-state index contributed by atoms with van der Waals surface area (Å²) in [6, 6.07) is 12.4. The van der Waals surface area contributed by atoms with E-state index in [1.807, 2.05) is 13.0 Å². The summed E-state index contributed by atoms with van der Waals surface area (Å²) >= 11 is 1.77. The first-order chi connectivity index (χ1) is 9.78. The maximum absolute atomic E-state index is 4.63. The normalized spacial score (nSPS) is 10.7. The fraction of sp³-hybridized carbons (Fsp3) is 0.375. The van der Waals surface area contributed by atoms with Crippen LogP contribution in [-0.2, 0) is 12.3 Å². The van der Waals surface area contributed by atoms with E-state index in [4.69, 9.17) is 0 Å². The number of hydrogen-bond acceptors (Lipinski definition) is 4. The SMILES string of the molecule is CCCNCc1cc(C)nc(CSc2ccccc2)n1. The van der Waals surface area contributed by atoms with Gasteiger partial charge in [-0.25, -0.2) is 9.97 Å². The Balaban J connectivity index is 1.97. The lowest BCUT2D eigenvalue weighted by Crippen LogP contribution is -2.15. The topological polar surface area (TPSA) is 37.8 Å². The molecule has 0 aliphatic rings. The Bertz CT molecular complexity index is 529. The first kappa shape index (κ1) is 15.0. The van der Waals surface area contributed by atoms with E-state index in [0.29, 0.717) is 0 Å². The van der Waals surface area contributed by atoms with Crippen molar-refractivity contribution in [3.8, 4) is 0 Å². The molecule has 0 bridgehead atoms. The van der Waals surface area contributed by atoms with Crippen LogP contribution in [0.4, 0.5) is 0 Å². The molecule has 0 unspecified atom stereocenters. The summed E-state index contributed by atoms with van der Waals surface area (Å²) in [7, 11) is 0. The molecule has 0 aliphatic carbocycles. The standard InChI is InChI=1S/C16H21N3S/c1-3-9-17-11-14-10-13(2)18-16(19-14)12-20-15-7-5-4-6-8-15/h4-8,10,17H,3,9,11-12H2,1-2H3. The van der Waals surface area contributed by atoms with Crippen LogP contribution in [0.2, 0.25) is 0 Å². The molecule has 0 fully saturated rings. The van der Waals surface area contributed by atoms with Crippen molar-refractivity contribution in [3.63, 3.8) is 0 Å². The third-order valence-electron chi connectivity index (χ3n) is 2.80. The molecule has 0 amide bonds. The quantitative estimate of drug-likeness (QED) is 0.624. The molecule has 20 heavy (non-hydrogen) atoms. The van der Waals surface area contributed by atoms with E-state index in [-0.39, 0.29) is 0 Å². The second-order valence-electron chi connectivity index (χ2n) is 4.70. The highest BCUT2D eigenvalue weighted by atomic mass is 32.2. The zero-order chi connectivity index (χ0) is 14.2. The van der Waals surface area contributed by atoms with Crippen LogP contribution in [0.15, 0.2) is 41.3 Å². The summed E-state index contributed by atoms with van der Waals surface area (Å²) in [5.74, 6) is 1.72. The largest absolute Gasteiger partial charge is 0.311 e. The lowest BCUT2D eigenvalue weighted by molar-refractivity contribution is 0.659. The van der Waals surface area contributed by atoms with Crippen LogP contribution in [0.5, 0.6) is 0 Å². The number of thioether (sulfide) groups is 1. The molecule has 2 rings (SSSR count). The molecule has 1 N–H and O–H groups in total. The Morgan fingerprint density at radius 1 is 1.15 bits per heavy atom. The van der Waals surface area contributed by atoms with Gasteiger partial charge in [0.2, 0.25) is 0 Å². The van der Waals surface area contributed by atoms with Crippen LogP contribution in [0.3, 0.4) is 0 Å². The number of nitrogens with one attached hydrogen (secondary N) is 1. The second kappa shape index (κ2) is 8.02. The summed E-state index contributed by atoms with van der Waals surface area (Å²) < 4.78 is 0. The highest BCUT2D eigenvalue weighted by molar-refractivity contribution is 7.98. The van der Waals surface area contributed by atoms with E-state index in [2.05, 4.69) is 52.5 Å². The van der Waals surface area contributed by atoms with Gasteiger partial charge in [-0.2, -0.15) is 0 Å². The molecule has 0 atom stereocenters. The molecular weight excluding hydrogens is 266 g/mol. The van der Waals surface area contributed by atoms with Gasteiger partial charge in [0.25, 0.3) is 0 Å². The molecule has 106 valence electrons. The molecule has 1 aromatic carbocycles. The summed E-state index contributed by atoms with van der Waals surface area (Å²) in [5, 5.41) is 3.38. The molecule has 0 radical (unpaired) electrons. The minimum atomic E-state index is 0.812. The smallest absolute Gasteiger partial charge is 0.139 e. The molecule has 1 aromatic heterocycles. The van der Waals surface area contributed by atoms with E-state index in [9.17, 15) is 0 Å². The van der Waals surface area contributed by atoms with Gasteiger partial charge in [0.15, 0.2) is 0 Å². The third-order valence-corrected chi connectivity index (χ3v) is 3.81. The third kappa shape index (κ3) is 4.94. The molecule has 0 spiro atoms. The number of nitrogens with zero attached hydrogens (tertiary/aromatic N) is 2. The Morgan fingerprint density at radius 3 is 2.70 bits per heavy atom. The molecule has 0 aliphatic heterocycles. The maximum Gasteiger partial charge on any atom is 0.139 e. The second-order valence-corrected chi connectivity index (χ2v) is 5.74. The monoisotopic (exact) mass is 287 g/mol. The van der Waals surface area contributed by atoms with Crippen molar-refractivity contribution in [2.45, 2.75) is 37.5 Å². The van der Waals surface area contributed by atoms with Crippen molar-refractivity contribution < 1.29 is 0 Å². The van der Waals surface area contributed by atoms with Crippen LogP contribution >= 0.6 is 11.8 Å². The van der Waals surface area contributed by atoms with Gasteiger partial charge in [0.05, 0.1) is 11.4 Å². The number of benzene rings is 1. The molecule has 1 heterocycles. The van der Waals surface area contributed by atoms with Gasteiger partial charge in [-0.3, -0.25) is 0 Å². The van der Waals surface area contributed by atoms with Gasteiger partial charge < -0.3 is 5.32 Å². The predicted octanol–water partition coefficient (Wildman–Crippen LogP) is 3.58. The van der Waals surface area contributed by atoms with Gasteiger partial charge in [0, 0.05) is 17.1 Å². The fourth-order valence-electron chi connectivity index (χ4n) is 1.91. The minimum absolute atomic E-state index is 0.812. The van der Waals surface area contributed by atoms with Crippen LogP contribution in [0.25, 0.3) is 0 Å². The molecular formula is C16H21N3S. The van der Waals surface area contributed by atoms with Crippen molar-refractivity contribution in [1.82, 2.24) is 15.3 Å². The molecule has 2 aromatic rings. The average Bonchev–Trinajstić information content (AvgIpc) is 2.46. The zero-order valence-electron chi connectivity index (χ0n) is 12.1. The van der Waals surface area contributed by atoms with Crippen LogP contribution in [0.1, 0.15) is 30.6 Å². The molecule has 3 nitrogen and oxygen atoms in total. The predicted molar refractivity (Wildman–Crippen MR) is 84.8 cm³/mol. The Labute approximate surface area is 125 Å². The van der Waals surface area contributed by atoms with Crippen LogP contribution < -0.4 is 5.32 Å². The van der Waals surface area contributed by atoms with Crippen molar-refractivity contribution in [2.24, 2.45) is 0 Å². The zero-order valence-corrected chi connectivity index (χ0v) is 12.9. The van der Waals surface area contributed by atoms with Crippen molar-refractivity contribution in [3.05, 3.63) is 53.6 Å². The number of hydrogen-bond donors (Lipinski definition) is 1. The van der Waals surface area contributed by atoms with Gasteiger partial charge in [-0.15, -0.1) is 11.8 Å². The molecule has 4 heteroatoms. The Morgan fingerprint density at radius 2 is 1.95 bits per heavy atom. The van der Waals surface area contributed by atoms with Gasteiger partial charge in [-0.1, -0.05) is 25.1 Å². The first-order valence-electron chi connectivity index (χ1n) is 7.00. The summed E-state index contributed by atoms with van der Waals surface area (Å²) in [6.07, 6.45) is 1.14. The van der Waals surface area contributed by atoms with Crippen LogP contribution in [0, 0.1) is 6.92 Å². The van der Waals surface area contributed by atoms with Crippen LogP contribution in [-0.4, -0.2) is 16.5 Å². The van der Waals surface area contributed by atoms with Crippen molar-refractivity contribution in [2.75, 3.05) is 6.54 Å². The lowest BCUT2D eigenvalue weighted by atomic mass is 10.3. The highest BCUT2D eigenvalue weighted by Crippen LogP contribution is 2.20. The Kier molecular flexibility index (Phi) is 6.02. The van der Waals surface area contributed by atoms with E-state index in [1.54, 1.807) is 11.8 Å². The van der Waals surface area contributed by atoms with Gasteiger partial charge >= 0.3 is 0 Å². The lowest BCUT2D eigenvalue weighted by Gasteiger charge is -2.07. The number of rotatable bonds is 7. The summed E-state index contributed by atoms with van der Waals surface area (Å²) in [5.41, 5.74) is 2.12. The summed E-state index contributed by atoms with van der Waals surface area (Å²) in [4.78, 5) is 10.4. The number of aryl methyl sites for hydroxylation is 1. The number of aromatic nitrogens is 2. The molecule has 0 saturated heterocycles. The Hall–Kier alpha value is -1.39. The van der Waals surface area contributed by atoms with E-state index in [1.165, 1.54) is 4.90 Å². The van der Waals surface area contributed by atoms with E-state index >= 15 is 0 Å². The minimum Gasteiger partial charge on any atom is -0.311 e. The van der Waals surface area contributed by atoms with E-state index in [0.717, 1.165) is 42.5 Å². The van der Waals surface area contributed by atoms with Gasteiger partial charge in [0.1, 0.15) is 5.82 Å². The van der Waals surface area contributed by atoms with E-state index < -0.39 is 0 Å². The molecule has 0 saturated carbocycles. The summed E-state index contributed by atoms with van der Waals surface area (Å²) in [6.45, 7) is 6.04. The maximum atomic E-state index is 4.63. The average molecular weight is 287 g/mol. The first-order valence-corrected chi connectivity index (χ1v) is 7.98. The fourth-order valence-corrected chi connectivity index (χ4v) is 2.69. The van der Waals surface area contributed by atoms with Crippen molar-refractivity contribution in [1.29, 1.82) is 0 Å².